The fraction of sp³-hybridized carbons (Fsp3) is 0.312. The maximum absolute atomic E-state index is 10.4. The van der Waals surface area contributed by atoms with Gasteiger partial charge in [0.1, 0.15) is 23.3 Å². The Morgan fingerprint density at radius 1 is 1.29 bits per heavy atom. The molecule has 1 atom stereocenters. The van der Waals surface area contributed by atoms with Crippen molar-refractivity contribution in [3.8, 4) is 0 Å². The Bertz CT molecular complexity index is 729. The molecule has 0 saturated carbocycles. The quantitative estimate of drug-likeness (QED) is 0.800. The summed E-state index contributed by atoms with van der Waals surface area (Å²) in [6.07, 6.45) is 3.22. The van der Waals surface area contributed by atoms with Gasteiger partial charge in [0.05, 0.1) is 6.54 Å². The molecule has 0 fully saturated rings. The fourth-order valence-corrected chi connectivity index (χ4v) is 2.88. The lowest BCUT2D eigenvalue weighted by Crippen LogP contribution is -2.36. The summed E-state index contributed by atoms with van der Waals surface area (Å²) in [7, 11) is 0. The molecule has 3 aromatic rings. The number of rotatable bonds is 3. The lowest BCUT2D eigenvalue weighted by atomic mass is 10.2. The van der Waals surface area contributed by atoms with Gasteiger partial charge in [-0.3, -0.25) is 4.90 Å². The second-order valence-corrected chi connectivity index (χ2v) is 5.47. The van der Waals surface area contributed by atoms with Gasteiger partial charge in [-0.15, -0.1) is 0 Å². The van der Waals surface area contributed by atoms with Crippen LogP contribution in [0.5, 0.6) is 0 Å². The predicted molar refractivity (Wildman–Crippen MR) is 78.7 cm³/mol. The molecule has 4 rings (SSSR count). The number of aromatic nitrogens is 2. The first-order chi connectivity index (χ1) is 10.3. The first kappa shape index (κ1) is 12.6. The Morgan fingerprint density at radius 3 is 3.10 bits per heavy atom. The Hall–Kier alpha value is -2.11. The third-order valence-corrected chi connectivity index (χ3v) is 4.03. The topological polar surface area (TPSA) is 54.4 Å². The summed E-state index contributed by atoms with van der Waals surface area (Å²) in [6, 6.07) is 9.74. The number of furan rings is 1. The van der Waals surface area contributed by atoms with Crippen LogP contribution in [0.2, 0.25) is 0 Å². The zero-order valence-electron chi connectivity index (χ0n) is 11.6. The summed E-state index contributed by atoms with van der Waals surface area (Å²) in [5.74, 6) is 1.68. The number of aliphatic hydroxyl groups is 1. The Kier molecular flexibility index (Phi) is 3.02. The van der Waals surface area contributed by atoms with Crippen molar-refractivity contribution in [2.75, 3.05) is 13.1 Å². The van der Waals surface area contributed by atoms with Crippen molar-refractivity contribution in [1.29, 1.82) is 0 Å². The SMILES string of the molecule is OC(CN1CCn2ccnc2C1)c1cc2ccccc2o1. The van der Waals surface area contributed by atoms with Crippen molar-refractivity contribution < 1.29 is 9.52 Å². The Balaban J connectivity index is 1.49. The number of nitrogens with zero attached hydrogens (tertiary/aromatic N) is 3. The van der Waals surface area contributed by atoms with E-state index in [1.807, 2.05) is 42.7 Å². The molecule has 1 aliphatic heterocycles. The third kappa shape index (κ3) is 2.34. The van der Waals surface area contributed by atoms with Gasteiger partial charge in [-0.25, -0.2) is 4.98 Å². The number of para-hydroxylation sites is 1. The summed E-state index contributed by atoms with van der Waals surface area (Å²) in [6.45, 7) is 3.17. The van der Waals surface area contributed by atoms with Crippen LogP contribution < -0.4 is 0 Å². The summed E-state index contributed by atoms with van der Waals surface area (Å²) in [5, 5.41) is 11.4. The van der Waals surface area contributed by atoms with Crippen molar-refractivity contribution in [3.63, 3.8) is 0 Å². The smallest absolute Gasteiger partial charge is 0.135 e. The zero-order valence-corrected chi connectivity index (χ0v) is 11.6. The van der Waals surface area contributed by atoms with Crippen LogP contribution >= 0.6 is 0 Å². The van der Waals surface area contributed by atoms with Gasteiger partial charge in [0, 0.05) is 37.4 Å². The van der Waals surface area contributed by atoms with E-state index in [1.165, 1.54) is 0 Å². The molecule has 5 heteroatoms. The third-order valence-electron chi connectivity index (χ3n) is 4.03. The molecule has 1 aliphatic rings. The largest absolute Gasteiger partial charge is 0.458 e. The highest BCUT2D eigenvalue weighted by Gasteiger charge is 2.21. The van der Waals surface area contributed by atoms with Gasteiger partial charge in [0.25, 0.3) is 0 Å². The first-order valence-electron chi connectivity index (χ1n) is 7.18. The minimum absolute atomic E-state index is 0.562. The van der Waals surface area contributed by atoms with Crippen LogP contribution in [0.25, 0.3) is 11.0 Å². The van der Waals surface area contributed by atoms with E-state index in [1.54, 1.807) is 0 Å². The van der Waals surface area contributed by atoms with Crippen molar-refractivity contribution in [3.05, 3.63) is 54.3 Å². The number of β-amino-alcohol motifs (C(OH)–C–C–N with tert-alkyl or cyclic N) is 1. The van der Waals surface area contributed by atoms with E-state index in [4.69, 9.17) is 4.42 Å². The molecular formula is C16H17N3O2. The number of benzene rings is 1. The molecule has 0 radical (unpaired) electrons. The van der Waals surface area contributed by atoms with E-state index < -0.39 is 6.10 Å². The number of hydrogen-bond donors (Lipinski definition) is 1. The van der Waals surface area contributed by atoms with Gasteiger partial charge in [0.15, 0.2) is 0 Å². The van der Waals surface area contributed by atoms with Gasteiger partial charge in [-0.2, -0.15) is 0 Å². The molecule has 3 heterocycles. The normalized spacial score (nSPS) is 17.0. The van der Waals surface area contributed by atoms with Crippen molar-refractivity contribution in [2.24, 2.45) is 0 Å². The molecule has 0 aliphatic carbocycles. The van der Waals surface area contributed by atoms with Crippen molar-refractivity contribution >= 4 is 11.0 Å². The van der Waals surface area contributed by atoms with E-state index in [9.17, 15) is 5.11 Å². The second kappa shape index (κ2) is 5.02. The molecule has 1 aromatic carbocycles. The lowest BCUT2D eigenvalue weighted by molar-refractivity contribution is 0.0817. The van der Waals surface area contributed by atoms with Crippen LogP contribution in [0.3, 0.4) is 0 Å². The molecule has 21 heavy (non-hydrogen) atoms. The maximum atomic E-state index is 10.4. The Morgan fingerprint density at radius 2 is 2.19 bits per heavy atom. The lowest BCUT2D eigenvalue weighted by Gasteiger charge is -2.28. The number of aliphatic hydroxyl groups excluding tert-OH is 1. The number of imidazole rings is 1. The average molecular weight is 283 g/mol. The van der Waals surface area contributed by atoms with E-state index in [0.29, 0.717) is 12.3 Å². The standard InChI is InChI=1S/C16H17N3O2/c20-13(15-9-12-3-1-2-4-14(12)21-15)10-18-7-8-19-6-5-17-16(19)11-18/h1-6,9,13,20H,7-8,10-11H2. The molecule has 0 amide bonds. The fourth-order valence-electron chi connectivity index (χ4n) is 2.88. The minimum Gasteiger partial charge on any atom is -0.458 e. The van der Waals surface area contributed by atoms with Crippen molar-refractivity contribution in [2.45, 2.75) is 19.2 Å². The van der Waals surface area contributed by atoms with Crippen LogP contribution in [0.4, 0.5) is 0 Å². The highest BCUT2D eigenvalue weighted by molar-refractivity contribution is 5.77. The molecule has 1 N–H and O–H groups in total. The van der Waals surface area contributed by atoms with Gasteiger partial charge in [-0.05, 0) is 12.1 Å². The van der Waals surface area contributed by atoms with Crippen LogP contribution in [-0.2, 0) is 13.1 Å². The van der Waals surface area contributed by atoms with Crippen LogP contribution in [0.15, 0.2) is 47.1 Å². The molecule has 1 unspecified atom stereocenters. The van der Waals surface area contributed by atoms with Crippen LogP contribution in [-0.4, -0.2) is 32.6 Å². The van der Waals surface area contributed by atoms with E-state index in [-0.39, 0.29) is 0 Å². The first-order valence-corrected chi connectivity index (χ1v) is 7.18. The maximum Gasteiger partial charge on any atom is 0.135 e. The van der Waals surface area contributed by atoms with Gasteiger partial charge >= 0.3 is 0 Å². The summed E-state index contributed by atoms with van der Waals surface area (Å²) in [5.41, 5.74) is 0.820. The molecule has 108 valence electrons. The molecular weight excluding hydrogens is 266 g/mol. The molecule has 0 saturated heterocycles. The van der Waals surface area contributed by atoms with E-state index >= 15 is 0 Å². The summed E-state index contributed by atoms with van der Waals surface area (Å²) < 4.78 is 7.89. The molecule has 2 aromatic heterocycles. The molecule has 0 spiro atoms. The van der Waals surface area contributed by atoms with Crippen molar-refractivity contribution in [1.82, 2.24) is 14.5 Å². The predicted octanol–water partition coefficient (Wildman–Crippen LogP) is 2.18. The van der Waals surface area contributed by atoms with Crippen LogP contribution in [0.1, 0.15) is 17.7 Å². The van der Waals surface area contributed by atoms with Gasteiger partial charge in [0.2, 0.25) is 0 Å². The average Bonchev–Trinajstić information content (AvgIpc) is 3.13. The number of fused-ring (bicyclic) bond motifs is 2. The molecule has 5 nitrogen and oxygen atoms in total. The summed E-state index contributed by atoms with van der Waals surface area (Å²) >= 11 is 0. The second-order valence-electron chi connectivity index (χ2n) is 5.47. The summed E-state index contributed by atoms with van der Waals surface area (Å²) in [4.78, 5) is 6.55. The van der Waals surface area contributed by atoms with E-state index in [0.717, 1.165) is 36.4 Å². The van der Waals surface area contributed by atoms with E-state index in [2.05, 4.69) is 14.5 Å². The number of hydrogen-bond acceptors (Lipinski definition) is 4. The molecule has 0 bridgehead atoms. The Labute approximate surface area is 122 Å². The highest BCUT2D eigenvalue weighted by atomic mass is 16.4. The zero-order chi connectivity index (χ0) is 14.2. The van der Waals surface area contributed by atoms with Gasteiger partial charge < -0.3 is 14.1 Å². The highest BCUT2D eigenvalue weighted by Crippen LogP contribution is 2.25. The van der Waals surface area contributed by atoms with Gasteiger partial charge in [-0.1, -0.05) is 18.2 Å². The van der Waals surface area contributed by atoms with Crippen LogP contribution in [0, 0.1) is 0 Å². The minimum atomic E-state index is -0.612. The monoisotopic (exact) mass is 283 g/mol.